The molecule has 3 saturated heterocycles. The maximum atomic E-state index is 14.1. The number of aliphatic imine (C=N–C) groups is 2. The molecule has 0 spiro atoms. The molecule has 29 heteroatoms. The third kappa shape index (κ3) is 16.3. The van der Waals surface area contributed by atoms with Gasteiger partial charge in [-0.2, -0.15) is 17.6 Å². The molecule has 616 valence electrons. The molecule has 25 nitrogen and oxygen atoms in total. The molecule has 6 amide bonds. The van der Waals surface area contributed by atoms with Gasteiger partial charge in [0.25, 0.3) is 5.91 Å². The molecule has 7 aromatic carbocycles. The van der Waals surface area contributed by atoms with Crippen molar-refractivity contribution >= 4 is 80.3 Å². The summed E-state index contributed by atoms with van der Waals surface area (Å²) < 4.78 is 88.9. The summed E-state index contributed by atoms with van der Waals surface area (Å²) in [6.45, 7) is 2.75. The van der Waals surface area contributed by atoms with Gasteiger partial charge in [-0.3, -0.25) is 24.4 Å². The highest BCUT2D eigenvalue weighted by Gasteiger charge is 2.46. The van der Waals surface area contributed by atoms with E-state index in [1.807, 2.05) is 88.5 Å². The maximum absolute atomic E-state index is 14.1. The van der Waals surface area contributed by atoms with Crippen molar-refractivity contribution in [2.75, 3.05) is 54.2 Å². The molecule has 8 atom stereocenters. The Morgan fingerprint density at radius 2 is 0.992 bits per heavy atom. The first-order valence-electron chi connectivity index (χ1n) is 40.3. The topological polar surface area (TPSA) is 295 Å². The first-order valence-corrected chi connectivity index (χ1v) is 40.3. The number of nitrogens with one attached hydrogen (secondary N) is 5. The van der Waals surface area contributed by atoms with Crippen LogP contribution in [0.3, 0.4) is 0 Å². The molecular weight excluding hydrogens is 1520 g/mol. The third-order valence-electron chi connectivity index (χ3n) is 24.3. The van der Waals surface area contributed by atoms with Crippen LogP contribution < -0.4 is 25.4 Å². The molecule has 9 aromatic rings. The maximum Gasteiger partial charge on any atom is 0.407 e. The van der Waals surface area contributed by atoms with Crippen molar-refractivity contribution in [1.29, 1.82) is 0 Å². The van der Waals surface area contributed by atoms with E-state index in [1.165, 1.54) is 47.0 Å². The zero-order chi connectivity index (χ0) is 82.3. The zero-order valence-electron chi connectivity index (χ0n) is 66.6. The monoisotopic (exact) mass is 1610 g/mol. The van der Waals surface area contributed by atoms with Crippen LogP contribution in [0.2, 0.25) is 0 Å². The van der Waals surface area contributed by atoms with Crippen molar-refractivity contribution in [3.63, 3.8) is 0 Å². The molecule has 1 aliphatic carbocycles. The van der Waals surface area contributed by atoms with Crippen LogP contribution >= 0.6 is 0 Å². The number of hydrogen-bond donors (Lipinski definition) is 5. The lowest BCUT2D eigenvalue weighted by Gasteiger charge is -2.31. The summed E-state index contributed by atoms with van der Waals surface area (Å²) in [4.78, 5) is 110. The van der Waals surface area contributed by atoms with Gasteiger partial charge in [-0.25, -0.2) is 24.4 Å². The number of halogens is 4. The first-order chi connectivity index (χ1) is 57.1. The molecule has 9 heterocycles. The summed E-state index contributed by atoms with van der Waals surface area (Å²) in [5.41, 5.74) is 15.8. The number of methoxy groups -OCH3 is 3. The minimum absolute atomic E-state index is 0.180. The summed E-state index contributed by atoms with van der Waals surface area (Å²) in [6, 6.07) is 34.4. The molecule has 118 heavy (non-hydrogen) atoms. The molecule has 0 radical (unpaired) electrons. The summed E-state index contributed by atoms with van der Waals surface area (Å²) in [6.07, 6.45) is 9.72. The summed E-state index contributed by atoms with van der Waals surface area (Å²) in [5.74, 6) is 1.75. The Kier molecular flexibility index (Phi) is 23.1. The average molecular weight is 1620 g/mol. The van der Waals surface area contributed by atoms with E-state index in [4.69, 9.17) is 48.4 Å². The van der Waals surface area contributed by atoms with E-state index >= 15 is 0 Å². The lowest BCUT2D eigenvalue weighted by atomic mass is 9.90. The molecule has 1 unspecified atom stereocenters. The van der Waals surface area contributed by atoms with Gasteiger partial charge in [0.1, 0.15) is 54.5 Å². The number of hydrogen-bond acceptors (Lipinski definition) is 17. The number of ether oxygens (including phenoxy) is 7. The lowest BCUT2D eigenvalue weighted by Crippen LogP contribution is -2.53. The van der Waals surface area contributed by atoms with Crippen LogP contribution in [-0.4, -0.2) is 174 Å². The predicted octanol–water partition coefficient (Wildman–Crippen LogP) is 15.9. The Balaban J connectivity index is 0.000000181. The number of aromatic nitrogens is 4. The number of rotatable bonds is 21. The van der Waals surface area contributed by atoms with E-state index in [2.05, 4.69) is 79.2 Å². The SMILES string of the molecule is COC(=O)N[C@H](C(=O)N1C[C@@H](COC(F)F)C[C@H]1C1=Nc2ccc3cc4c(cc3c2C1)COc1cc(-c2cnc(C3CCCC3)[nH]2)ccc1-4)C(C)C.COC(=O)N[C@H](C(=O)N1C[C@@H](COC(F)F)C[C@H]1C1=Nc2ccc3cc4c(cc3c2C1)COc1cc(-c2cnc(C3CCCN3C(=O)[C@H](NC(=O)OC)c3ccccc3)[nH]2)ccc1-4)C(C)C. The second-order valence-corrected chi connectivity index (χ2v) is 32.3. The van der Waals surface area contributed by atoms with Gasteiger partial charge in [0.15, 0.2) is 0 Å². The van der Waals surface area contributed by atoms with Crippen LogP contribution in [0.25, 0.3) is 66.3 Å². The van der Waals surface area contributed by atoms with Crippen molar-refractivity contribution < 1.29 is 79.5 Å². The number of alkyl halides is 4. The molecule has 5 N–H and O–H groups in total. The summed E-state index contributed by atoms with van der Waals surface area (Å²) in [7, 11) is 3.74. The van der Waals surface area contributed by atoms with Crippen molar-refractivity contribution in [2.45, 2.75) is 161 Å². The minimum atomic E-state index is -2.93. The number of carbonyl (C=O) groups is 6. The number of carbonyl (C=O) groups excluding carboxylic acids is 6. The van der Waals surface area contributed by atoms with Crippen LogP contribution in [0.15, 0.2) is 138 Å². The molecule has 7 aliphatic heterocycles. The van der Waals surface area contributed by atoms with Crippen molar-refractivity contribution in [2.24, 2.45) is 33.7 Å². The fourth-order valence-electron chi connectivity index (χ4n) is 18.3. The van der Waals surface area contributed by atoms with Gasteiger partial charge in [-0.1, -0.05) is 95.1 Å². The van der Waals surface area contributed by atoms with E-state index < -0.39 is 61.7 Å². The predicted molar refractivity (Wildman–Crippen MR) is 433 cm³/mol. The van der Waals surface area contributed by atoms with Crippen molar-refractivity contribution in [3.05, 3.63) is 167 Å². The number of alkyl carbamates (subject to hydrolysis) is 3. The molecule has 0 bridgehead atoms. The second-order valence-electron chi connectivity index (χ2n) is 32.3. The standard InChI is InChI=1S/C49H51F2N7O8.C40H43F2N5O5/c1-26(2)42(55-48(61)63-3)45(59)58-23-27(24-66-47(50)51)17-40(58)37-21-35-33-19-31-25-65-41-20-30(12-14-32(41)34(31)18-29(33)13-15-36(35)53-37)38-22-52-44(54-38)39-11-8-16-57(39)46(60)43(56-49(62)64-4)28-9-6-5-7-10-28;1-21(2)36(46-40(49)50-3)38(48)47-18-22(19-52-39(41)42)12-34(47)32-16-30-28-14-26-20-51-35-15-25(33-17-43-37(45-33)23-6-4-5-7-23)8-10-27(35)29(26)13-24(28)9-11-31(30)44-32/h5-7,9-10,12-15,18-20,22,26-27,39-40,42-43,47H,8,11,16-17,21,23-25H2,1-4H3,(H,52,54)(H,55,61)(H,56,62);8-11,13-15,17,21-23,34,36,39H,4-7,12,16,18-20H2,1-3H3,(H,43,45)(H,46,49)/t27-,39?,40-,42-,43+;22-,34-,36-/m00/s1. The van der Waals surface area contributed by atoms with Crippen LogP contribution in [0.5, 0.6) is 11.5 Å². The molecule has 2 aromatic heterocycles. The Hall–Kier alpha value is -11.7. The average Bonchev–Trinajstić information content (AvgIpc) is 1.51. The van der Waals surface area contributed by atoms with Crippen LogP contribution in [0.1, 0.15) is 137 Å². The number of fused-ring (bicyclic) bond motifs is 12. The number of benzene rings is 7. The quantitative estimate of drug-likeness (QED) is 0.0330. The van der Waals surface area contributed by atoms with Crippen molar-refractivity contribution in [1.82, 2.24) is 50.6 Å². The van der Waals surface area contributed by atoms with Crippen LogP contribution in [-0.2, 0) is 64.1 Å². The number of amides is 6. The van der Waals surface area contributed by atoms with Crippen molar-refractivity contribution in [3.8, 4) is 56.3 Å². The summed E-state index contributed by atoms with van der Waals surface area (Å²) >= 11 is 0. The Labute approximate surface area is 679 Å². The van der Waals surface area contributed by atoms with E-state index in [-0.39, 0.29) is 73.7 Å². The van der Waals surface area contributed by atoms with Gasteiger partial charge in [-0.15, -0.1) is 0 Å². The van der Waals surface area contributed by atoms with Gasteiger partial charge >= 0.3 is 31.5 Å². The van der Waals surface area contributed by atoms with Gasteiger partial charge in [0.05, 0.1) is 87.8 Å². The van der Waals surface area contributed by atoms with Crippen LogP contribution in [0, 0.1) is 23.7 Å². The van der Waals surface area contributed by atoms with Crippen LogP contribution in [0.4, 0.5) is 43.3 Å². The number of aromatic amines is 2. The van der Waals surface area contributed by atoms with Gasteiger partial charge < -0.3 is 73.8 Å². The highest BCUT2D eigenvalue weighted by molar-refractivity contribution is 6.08. The normalized spacial score (nSPS) is 19.8. The Morgan fingerprint density at radius 1 is 0.517 bits per heavy atom. The fraction of sp³-hybridized carbons (Fsp3) is 0.416. The largest absolute Gasteiger partial charge is 0.488 e. The number of H-pyrrole nitrogens is 2. The highest BCUT2D eigenvalue weighted by Crippen LogP contribution is 2.48. The van der Waals surface area contributed by atoms with Gasteiger partial charge in [0.2, 0.25) is 11.8 Å². The highest BCUT2D eigenvalue weighted by atomic mass is 19.3. The van der Waals surface area contributed by atoms with E-state index in [1.54, 1.807) is 33.0 Å². The second kappa shape index (κ2) is 34.1. The molecule has 8 aliphatic rings. The number of imidazole rings is 2. The van der Waals surface area contributed by atoms with E-state index in [0.29, 0.717) is 69.2 Å². The Bertz CT molecular complexity index is 5420. The van der Waals surface area contributed by atoms with E-state index in [9.17, 15) is 46.3 Å². The number of likely N-dealkylation sites (tertiary alicyclic amines) is 3. The Morgan fingerprint density at radius 3 is 1.47 bits per heavy atom. The third-order valence-corrected chi connectivity index (χ3v) is 24.3. The minimum Gasteiger partial charge on any atom is -0.488 e. The zero-order valence-corrected chi connectivity index (χ0v) is 66.6. The first kappa shape index (κ1) is 80.1. The fourth-order valence-corrected chi connectivity index (χ4v) is 18.3. The van der Waals surface area contributed by atoms with E-state index in [0.717, 1.165) is 135 Å². The molecule has 1 saturated carbocycles. The van der Waals surface area contributed by atoms with Gasteiger partial charge in [0, 0.05) is 83.9 Å². The lowest BCUT2D eigenvalue weighted by molar-refractivity contribution is -0.140. The smallest absolute Gasteiger partial charge is 0.407 e. The summed E-state index contributed by atoms with van der Waals surface area (Å²) in [5, 5.41) is 12.2. The molecule has 4 fully saturated rings. The molecular formula is C89H94F4N12O13. The molecule has 17 rings (SSSR count). The van der Waals surface area contributed by atoms with Gasteiger partial charge in [-0.05, 0) is 172 Å². The number of nitrogens with zero attached hydrogens (tertiary/aromatic N) is 7.